The zero-order valence-corrected chi connectivity index (χ0v) is 16.6. The molecule has 1 unspecified atom stereocenters. The van der Waals surface area contributed by atoms with E-state index in [4.69, 9.17) is 10.5 Å². The number of nitrogens with two attached hydrogens (primary N) is 1. The number of carbonyl (C=O) groups is 1. The Morgan fingerprint density at radius 3 is 2.63 bits per heavy atom. The minimum Gasteiger partial charge on any atom is -0.495 e. The third-order valence-corrected chi connectivity index (χ3v) is 5.35. The van der Waals surface area contributed by atoms with Gasteiger partial charge in [-0.25, -0.2) is 0 Å². The van der Waals surface area contributed by atoms with Gasteiger partial charge in [-0.1, -0.05) is 30.3 Å². The van der Waals surface area contributed by atoms with Crippen LogP contribution in [0.1, 0.15) is 5.56 Å². The largest absolute Gasteiger partial charge is 0.495 e. The minimum absolute atomic E-state index is 0.157. The van der Waals surface area contributed by atoms with Crippen molar-refractivity contribution in [3.8, 4) is 16.9 Å². The molecule has 7 nitrogen and oxygen atoms in total. The Bertz CT molecular complexity index is 1340. The zero-order valence-electron chi connectivity index (χ0n) is 16.6. The van der Waals surface area contributed by atoms with Crippen LogP contribution in [0.15, 0.2) is 59.5 Å². The Labute approximate surface area is 172 Å². The van der Waals surface area contributed by atoms with Gasteiger partial charge in [-0.3, -0.25) is 14.6 Å². The number of methoxy groups -OCH3 is 1. The molecule has 0 aliphatic heterocycles. The highest BCUT2D eigenvalue weighted by molar-refractivity contribution is 6.01. The number of aliphatic carboxylic acids is 1. The molecule has 0 bridgehead atoms. The summed E-state index contributed by atoms with van der Waals surface area (Å²) in [6, 6.07) is 13.7. The van der Waals surface area contributed by atoms with E-state index in [1.54, 1.807) is 43.1 Å². The first kappa shape index (κ1) is 19.6. The molecular weight excluding hydrogens is 382 g/mol. The summed E-state index contributed by atoms with van der Waals surface area (Å²) in [4.78, 5) is 29.0. The maximum Gasteiger partial charge on any atom is 0.320 e. The fraction of sp³-hybridized carbons (Fsp3) is 0.174. The van der Waals surface area contributed by atoms with Crippen LogP contribution in [0, 0.1) is 0 Å². The van der Waals surface area contributed by atoms with Crippen LogP contribution >= 0.6 is 0 Å². The van der Waals surface area contributed by atoms with Crippen LogP contribution in [0.3, 0.4) is 0 Å². The Hall–Kier alpha value is -3.71. The molecule has 4 aromatic rings. The highest BCUT2D eigenvalue weighted by atomic mass is 16.5. The molecule has 2 aromatic carbocycles. The number of para-hydroxylation sites is 1. The molecular formula is C23H21N3O4. The molecule has 2 aromatic heterocycles. The van der Waals surface area contributed by atoms with Gasteiger partial charge < -0.3 is 20.1 Å². The van der Waals surface area contributed by atoms with Crippen LogP contribution in [-0.2, 0) is 18.3 Å². The molecule has 152 valence electrons. The summed E-state index contributed by atoms with van der Waals surface area (Å²) in [5, 5.41) is 10.8. The molecule has 0 fully saturated rings. The molecule has 0 radical (unpaired) electrons. The highest BCUT2D eigenvalue weighted by Gasteiger charge is 2.21. The van der Waals surface area contributed by atoms with Crippen molar-refractivity contribution in [2.75, 3.05) is 7.11 Å². The predicted molar refractivity (Wildman–Crippen MR) is 116 cm³/mol. The number of rotatable bonds is 5. The number of carboxylic acid groups (broad SMARTS) is 1. The van der Waals surface area contributed by atoms with E-state index in [-0.39, 0.29) is 12.0 Å². The normalized spacial score (nSPS) is 12.2. The quantitative estimate of drug-likeness (QED) is 0.531. The van der Waals surface area contributed by atoms with E-state index in [0.29, 0.717) is 22.4 Å². The topological polar surface area (TPSA) is 107 Å². The third kappa shape index (κ3) is 3.09. The zero-order chi connectivity index (χ0) is 21.4. The van der Waals surface area contributed by atoms with E-state index in [1.807, 2.05) is 30.3 Å². The summed E-state index contributed by atoms with van der Waals surface area (Å²) < 4.78 is 7.28. The van der Waals surface area contributed by atoms with Gasteiger partial charge in [0.05, 0.1) is 23.7 Å². The number of hydrogen-bond donors (Lipinski definition) is 2. The van der Waals surface area contributed by atoms with Crippen molar-refractivity contribution in [2.24, 2.45) is 12.8 Å². The summed E-state index contributed by atoms with van der Waals surface area (Å²) in [5.74, 6) is -0.586. The first-order valence-corrected chi connectivity index (χ1v) is 9.45. The molecule has 0 spiro atoms. The maximum atomic E-state index is 13.3. The fourth-order valence-electron chi connectivity index (χ4n) is 3.85. The molecule has 30 heavy (non-hydrogen) atoms. The van der Waals surface area contributed by atoms with Gasteiger partial charge in [-0.15, -0.1) is 0 Å². The van der Waals surface area contributed by atoms with Crippen LogP contribution in [0.25, 0.3) is 32.9 Å². The van der Waals surface area contributed by atoms with E-state index in [9.17, 15) is 14.7 Å². The number of hydrogen-bond acceptors (Lipinski definition) is 5. The summed E-state index contributed by atoms with van der Waals surface area (Å²) >= 11 is 0. The van der Waals surface area contributed by atoms with Gasteiger partial charge in [0.2, 0.25) is 0 Å². The van der Waals surface area contributed by atoms with E-state index < -0.39 is 12.0 Å². The molecule has 0 saturated heterocycles. The average Bonchev–Trinajstić information content (AvgIpc) is 2.76. The molecule has 7 heteroatoms. The highest BCUT2D eigenvalue weighted by Crippen LogP contribution is 2.37. The number of nitrogens with zero attached hydrogens (tertiary/aromatic N) is 2. The lowest BCUT2D eigenvalue weighted by Crippen LogP contribution is -2.32. The molecule has 0 amide bonds. The lowest BCUT2D eigenvalue weighted by molar-refractivity contribution is -0.138. The van der Waals surface area contributed by atoms with E-state index in [2.05, 4.69) is 4.98 Å². The number of pyridine rings is 2. The minimum atomic E-state index is -1.07. The van der Waals surface area contributed by atoms with Gasteiger partial charge in [0.1, 0.15) is 11.8 Å². The number of carboxylic acids is 1. The van der Waals surface area contributed by atoms with Crippen molar-refractivity contribution >= 4 is 27.8 Å². The summed E-state index contributed by atoms with van der Waals surface area (Å²) in [6.45, 7) is 0. The molecule has 0 aliphatic carbocycles. The van der Waals surface area contributed by atoms with Gasteiger partial charge >= 0.3 is 5.97 Å². The van der Waals surface area contributed by atoms with Crippen LogP contribution in [0.2, 0.25) is 0 Å². The van der Waals surface area contributed by atoms with Crippen molar-refractivity contribution < 1.29 is 14.6 Å². The number of aromatic nitrogens is 2. The Morgan fingerprint density at radius 1 is 1.17 bits per heavy atom. The smallest absolute Gasteiger partial charge is 0.320 e. The number of fused-ring (bicyclic) bond motifs is 2. The van der Waals surface area contributed by atoms with Crippen molar-refractivity contribution in [1.82, 2.24) is 9.55 Å². The Kier molecular flexibility index (Phi) is 4.97. The van der Waals surface area contributed by atoms with Crippen molar-refractivity contribution in [3.63, 3.8) is 0 Å². The number of benzene rings is 2. The molecule has 3 N–H and O–H groups in total. The first-order chi connectivity index (χ1) is 14.4. The van der Waals surface area contributed by atoms with Crippen LogP contribution in [0.4, 0.5) is 0 Å². The first-order valence-electron chi connectivity index (χ1n) is 9.45. The van der Waals surface area contributed by atoms with E-state index in [1.165, 1.54) is 0 Å². The van der Waals surface area contributed by atoms with E-state index >= 15 is 0 Å². The predicted octanol–water partition coefficient (Wildman–Crippen LogP) is 2.72. The lowest BCUT2D eigenvalue weighted by atomic mass is 9.94. The second kappa shape index (κ2) is 7.61. The van der Waals surface area contributed by atoms with Gasteiger partial charge in [0, 0.05) is 29.6 Å². The molecule has 0 aliphatic rings. The summed E-state index contributed by atoms with van der Waals surface area (Å²) in [7, 11) is 3.27. The second-order valence-electron chi connectivity index (χ2n) is 7.11. The molecule has 0 saturated carbocycles. The lowest BCUT2D eigenvalue weighted by Gasteiger charge is -2.17. The molecule has 2 heterocycles. The van der Waals surface area contributed by atoms with E-state index in [0.717, 1.165) is 21.9 Å². The average molecular weight is 403 g/mol. The van der Waals surface area contributed by atoms with Crippen LogP contribution in [-0.4, -0.2) is 33.8 Å². The van der Waals surface area contributed by atoms with Gasteiger partial charge in [-0.05, 0) is 30.2 Å². The van der Waals surface area contributed by atoms with Crippen LogP contribution < -0.4 is 16.0 Å². The monoisotopic (exact) mass is 403 g/mol. The SMILES string of the molecule is COc1c(-c2ccc(CC(N)C(=O)O)c3cccnc23)c(=O)n(C)c2ccccc12. The third-order valence-electron chi connectivity index (χ3n) is 5.35. The maximum absolute atomic E-state index is 13.3. The standard InChI is InChI=1S/C23H21N3O4/c1-26-18-8-4-3-6-15(18)21(30-2)19(22(26)27)16-10-9-13(12-17(24)23(28)29)14-7-5-11-25-20(14)16/h3-11,17H,12,24H2,1-2H3,(H,28,29). The van der Waals surface area contributed by atoms with Crippen LogP contribution in [0.5, 0.6) is 5.75 Å². The van der Waals surface area contributed by atoms with Crippen molar-refractivity contribution in [3.05, 3.63) is 70.6 Å². The Morgan fingerprint density at radius 2 is 1.90 bits per heavy atom. The fourth-order valence-corrected chi connectivity index (χ4v) is 3.85. The van der Waals surface area contributed by atoms with Gasteiger partial charge in [-0.2, -0.15) is 0 Å². The molecule has 4 rings (SSSR count). The van der Waals surface area contributed by atoms with Crippen molar-refractivity contribution in [1.29, 1.82) is 0 Å². The van der Waals surface area contributed by atoms with Crippen molar-refractivity contribution in [2.45, 2.75) is 12.5 Å². The summed E-state index contributed by atoms with van der Waals surface area (Å²) in [6.07, 6.45) is 1.80. The summed E-state index contributed by atoms with van der Waals surface area (Å²) in [5.41, 5.74) is 8.71. The number of aryl methyl sites for hydroxylation is 1. The van der Waals surface area contributed by atoms with Gasteiger partial charge in [0.25, 0.3) is 5.56 Å². The Balaban J connectivity index is 2.04. The molecule has 1 atom stereocenters. The second-order valence-corrected chi connectivity index (χ2v) is 7.11. The number of ether oxygens (including phenoxy) is 1. The van der Waals surface area contributed by atoms with Gasteiger partial charge in [0.15, 0.2) is 0 Å².